The molecule has 10 nitrogen and oxygen atoms in total. The minimum atomic E-state index is -0.976. The van der Waals surface area contributed by atoms with Crippen LogP contribution in [-0.2, 0) is 6.54 Å². The highest BCUT2D eigenvalue weighted by molar-refractivity contribution is 8.00. The van der Waals surface area contributed by atoms with Gasteiger partial charge in [-0.05, 0) is 86.2 Å². The van der Waals surface area contributed by atoms with Crippen LogP contribution in [0.15, 0.2) is 65.8 Å². The molecule has 1 saturated carbocycles. The summed E-state index contributed by atoms with van der Waals surface area (Å²) in [6, 6.07) is 15.3. The largest absolute Gasteiger partial charge is 0.478 e. The molecule has 0 spiro atoms. The molecule has 1 unspecified atom stereocenters. The molecule has 0 saturated heterocycles. The molecule has 1 atom stereocenters. The van der Waals surface area contributed by atoms with E-state index in [0.717, 1.165) is 45.2 Å². The summed E-state index contributed by atoms with van der Waals surface area (Å²) in [5.41, 5.74) is 5.13. The van der Waals surface area contributed by atoms with Crippen LogP contribution in [0, 0.1) is 19.3 Å². The third-order valence-corrected chi connectivity index (χ3v) is 9.07. The fraction of sp³-hybridized carbons (Fsp3) is 0.417. The van der Waals surface area contributed by atoms with Crippen LogP contribution in [0.3, 0.4) is 0 Å². The first kappa shape index (κ1) is 34.1. The molecule has 11 heteroatoms. The van der Waals surface area contributed by atoms with Gasteiger partial charge in [0, 0.05) is 48.4 Å². The second kappa shape index (κ2) is 15.1. The minimum absolute atomic E-state index is 0.0213. The molecule has 3 N–H and O–H groups in total. The molecule has 1 fully saturated rings. The van der Waals surface area contributed by atoms with Crippen molar-refractivity contribution in [3.8, 4) is 17.1 Å². The number of hydrogen-bond acceptors (Lipinski definition) is 10. The Kier molecular flexibility index (Phi) is 11.0. The molecule has 2 aromatic carbocycles. The summed E-state index contributed by atoms with van der Waals surface area (Å²) in [6.45, 7) is 11.8. The summed E-state index contributed by atoms with van der Waals surface area (Å²) < 4.78 is 9.62. The number of aryl methyl sites for hydroxylation is 2. The molecular formula is C36H45N7O3S. The van der Waals surface area contributed by atoms with Crippen LogP contribution in [0.25, 0.3) is 11.3 Å². The molecule has 1 aliphatic carbocycles. The van der Waals surface area contributed by atoms with Crippen molar-refractivity contribution in [2.24, 2.45) is 5.41 Å². The molecule has 2 heterocycles. The first-order valence-corrected chi connectivity index (χ1v) is 16.9. The fourth-order valence-electron chi connectivity index (χ4n) is 5.66. The molecule has 4 aromatic rings. The molecule has 5 rings (SSSR count). The maximum Gasteiger partial charge on any atom is 0.335 e. The normalized spacial score (nSPS) is 13.9. The van der Waals surface area contributed by atoms with Crippen molar-refractivity contribution < 1.29 is 14.6 Å². The number of aromatic nitrogens is 4. The number of ether oxygens (including phenoxy) is 1. The lowest BCUT2D eigenvalue weighted by Gasteiger charge is -2.35. The Labute approximate surface area is 282 Å². The number of nitrogens with zero attached hydrogens (tertiary/aromatic N) is 5. The Balaban J connectivity index is 1.34. The number of anilines is 2. The molecule has 0 radical (unpaired) electrons. The lowest BCUT2D eigenvalue weighted by atomic mass is 9.88. The monoisotopic (exact) mass is 655 g/mol. The van der Waals surface area contributed by atoms with Gasteiger partial charge in [0.15, 0.2) is 0 Å². The van der Waals surface area contributed by atoms with Crippen LogP contribution in [-0.4, -0.2) is 56.7 Å². The van der Waals surface area contributed by atoms with Gasteiger partial charge in [-0.1, -0.05) is 45.0 Å². The Morgan fingerprint density at radius 3 is 2.49 bits per heavy atom. The van der Waals surface area contributed by atoms with Crippen molar-refractivity contribution >= 4 is 29.7 Å². The highest BCUT2D eigenvalue weighted by Crippen LogP contribution is 2.31. The first-order valence-electron chi connectivity index (χ1n) is 16.1. The van der Waals surface area contributed by atoms with Gasteiger partial charge in [0.25, 0.3) is 0 Å². The van der Waals surface area contributed by atoms with Crippen LogP contribution >= 0.6 is 11.9 Å². The summed E-state index contributed by atoms with van der Waals surface area (Å²) in [6.07, 6.45) is 8.21. The average molecular weight is 656 g/mol. The maximum absolute atomic E-state index is 11.5. The van der Waals surface area contributed by atoms with Gasteiger partial charge in [0.2, 0.25) is 11.8 Å². The van der Waals surface area contributed by atoms with E-state index in [0.29, 0.717) is 31.0 Å². The summed E-state index contributed by atoms with van der Waals surface area (Å²) in [7, 11) is 2.10. The number of rotatable bonds is 14. The van der Waals surface area contributed by atoms with Crippen LogP contribution in [0.4, 0.5) is 11.8 Å². The number of carbonyl (C=O) groups is 1. The van der Waals surface area contributed by atoms with Gasteiger partial charge >= 0.3 is 5.97 Å². The number of carboxylic acid groups (broad SMARTS) is 1. The van der Waals surface area contributed by atoms with Crippen LogP contribution in [0.5, 0.6) is 5.88 Å². The zero-order valence-electron chi connectivity index (χ0n) is 28.1. The Morgan fingerprint density at radius 1 is 1.06 bits per heavy atom. The zero-order valence-corrected chi connectivity index (χ0v) is 28.9. The Bertz CT molecular complexity index is 1670. The zero-order chi connectivity index (χ0) is 33.6. The van der Waals surface area contributed by atoms with Gasteiger partial charge in [0.1, 0.15) is 12.4 Å². The summed E-state index contributed by atoms with van der Waals surface area (Å²) in [5.74, 6) is 0.749. The summed E-state index contributed by atoms with van der Waals surface area (Å²) in [5, 5.41) is 13.1. The predicted molar refractivity (Wildman–Crippen MR) is 188 cm³/mol. The van der Waals surface area contributed by atoms with Crippen molar-refractivity contribution in [1.82, 2.24) is 25.3 Å². The van der Waals surface area contributed by atoms with Crippen molar-refractivity contribution in [3.05, 3.63) is 83.3 Å². The molecule has 248 valence electrons. The molecule has 0 amide bonds. The van der Waals surface area contributed by atoms with E-state index in [1.165, 1.54) is 31.2 Å². The van der Waals surface area contributed by atoms with E-state index < -0.39 is 5.97 Å². The summed E-state index contributed by atoms with van der Waals surface area (Å²) in [4.78, 5) is 33.3. The third-order valence-electron chi connectivity index (χ3n) is 8.30. The van der Waals surface area contributed by atoms with Crippen molar-refractivity contribution in [1.29, 1.82) is 0 Å². The van der Waals surface area contributed by atoms with Gasteiger partial charge in [-0.3, -0.25) is 9.71 Å². The van der Waals surface area contributed by atoms with Gasteiger partial charge in [-0.25, -0.2) is 14.8 Å². The number of aromatic carboxylic acids is 1. The number of carboxylic acids is 1. The van der Waals surface area contributed by atoms with E-state index in [2.05, 4.69) is 73.7 Å². The molecule has 0 aliphatic heterocycles. The van der Waals surface area contributed by atoms with Gasteiger partial charge < -0.3 is 20.1 Å². The molecule has 2 aromatic heterocycles. The third kappa shape index (κ3) is 9.42. The van der Waals surface area contributed by atoms with E-state index in [1.54, 1.807) is 18.2 Å². The minimum Gasteiger partial charge on any atom is -0.478 e. The SMILES string of the molecule is Cc1cccc(C)c1-c1cc(OCC(CC(C)(C)C)NCc2cncc(N(C)C3CCC3)n2)nc(NSc2cccc(C(=O)O)c2)n1. The van der Waals surface area contributed by atoms with E-state index in [4.69, 9.17) is 19.7 Å². The fourth-order valence-corrected chi connectivity index (χ4v) is 6.30. The lowest BCUT2D eigenvalue weighted by Crippen LogP contribution is -2.39. The van der Waals surface area contributed by atoms with Gasteiger partial charge in [-0.15, -0.1) is 0 Å². The van der Waals surface area contributed by atoms with Crippen molar-refractivity contribution in [2.75, 3.05) is 23.3 Å². The van der Waals surface area contributed by atoms with E-state index in [-0.39, 0.29) is 17.0 Å². The van der Waals surface area contributed by atoms with E-state index in [9.17, 15) is 9.90 Å². The molecule has 1 aliphatic rings. The number of nitrogens with one attached hydrogen (secondary N) is 2. The van der Waals surface area contributed by atoms with Gasteiger partial charge in [-0.2, -0.15) is 4.98 Å². The standard InChI is InChI=1S/C36H45N7O3S/c1-23-10-7-11-24(2)33(23)30-17-32(41-35(40-30)42-47-29-15-8-12-25(16-29)34(44)45)46-22-26(18-36(3,4)5)38-20-27-19-37-21-31(39-27)43(6)28-13-9-14-28/h7-8,10-12,15-17,19,21,26,28,38H,9,13-14,18,20,22H2,1-6H3,(H,44,45)(H,40,41,42). The van der Waals surface area contributed by atoms with E-state index in [1.807, 2.05) is 30.6 Å². The topological polar surface area (TPSA) is 125 Å². The van der Waals surface area contributed by atoms with Gasteiger partial charge in [0.05, 0.1) is 23.1 Å². The lowest BCUT2D eigenvalue weighted by molar-refractivity contribution is 0.0696. The summed E-state index contributed by atoms with van der Waals surface area (Å²) >= 11 is 1.25. The highest BCUT2D eigenvalue weighted by atomic mass is 32.2. The quantitative estimate of drug-likeness (QED) is 0.118. The second-order valence-electron chi connectivity index (χ2n) is 13.4. The smallest absolute Gasteiger partial charge is 0.335 e. The Hall–Kier alpha value is -4.22. The first-order chi connectivity index (χ1) is 22.4. The van der Waals surface area contributed by atoms with Crippen molar-refractivity contribution in [2.45, 2.75) is 83.8 Å². The average Bonchev–Trinajstić information content (AvgIpc) is 3.00. The van der Waals surface area contributed by atoms with Crippen LogP contribution in [0.1, 0.15) is 73.6 Å². The van der Waals surface area contributed by atoms with Crippen LogP contribution < -0.4 is 19.7 Å². The molecule has 47 heavy (non-hydrogen) atoms. The Morgan fingerprint density at radius 2 is 1.81 bits per heavy atom. The van der Waals surface area contributed by atoms with Crippen LogP contribution in [0.2, 0.25) is 0 Å². The molecular weight excluding hydrogens is 611 g/mol. The maximum atomic E-state index is 11.5. The van der Waals surface area contributed by atoms with Crippen molar-refractivity contribution in [3.63, 3.8) is 0 Å². The predicted octanol–water partition coefficient (Wildman–Crippen LogP) is 7.33. The number of benzene rings is 2. The molecule has 0 bridgehead atoms. The highest BCUT2D eigenvalue weighted by Gasteiger charge is 2.24. The second-order valence-corrected chi connectivity index (χ2v) is 14.3. The number of hydrogen-bond donors (Lipinski definition) is 3. The van der Waals surface area contributed by atoms with E-state index >= 15 is 0 Å².